The summed E-state index contributed by atoms with van der Waals surface area (Å²) in [5.41, 5.74) is 4.34. The van der Waals surface area contributed by atoms with Crippen LogP contribution in [0.5, 0.6) is 28.7 Å². The van der Waals surface area contributed by atoms with Gasteiger partial charge in [-0.1, -0.05) is 42.5 Å². The SMILES string of the molecule is COc1ccc(C2Cc3c(cc(-c4ccccc4)c4c(OC)c(OC)c(OC)cc34)O2)cc1. The maximum absolute atomic E-state index is 6.49. The lowest BCUT2D eigenvalue weighted by atomic mass is 9.91. The molecule has 1 atom stereocenters. The summed E-state index contributed by atoms with van der Waals surface area (Å²) in [6.07, 6.45) is 0.658. The first kappa shape index (κ1) is 21.0. The third kappa shape index (κ3) is 3.50. The number of hydrogen-bond donors (Lipinski definition) is 0. The van der Waals surface area contributed by atoms with E-state index < -0.39 is 0 Å². The summed E-state index contributed by atoms with van der Waals surface area (Å²) >= 11 is 0. The van der Waals surface area contributed by atoms with E-state index in [9.17, 15) is 0 Å². The van der Waals surface area contributed by atoms with E-state index >= 15 is 0 Å². The zero-order valence-electron chi connectivity index (χ0n) is 19.2. The fraction of sp³-hybridized carbons (Fsp3) is 0.214. The van der Waals surface area contributed by atoms with Crippen molar-refractivity contribution < 1.29 is 23.7 Å². The highest BCUT2D eigenvalue weighted by molar-refractivity contribution is 6.06. The van der Waals surface area contributed by atoms with Gasteiger partial charge in [0.1, 0.15) is 17.6 Å². The van der Waals surface area contributed by atoms with E-state index in [0.29, 0.717) is 17.2 Å². The minimum atomic E-state index is -0.0841. The number of rotatable bonds is 6. The largest absolute Gasteiger partial charge is 0.497 e. The first-order valence-corrected chi connectivity index (χ1v) is 10.8. The first-order chi connectivity index (χ1) is 16.2. The molecule has 0 aromatic heterocycles. The van der Waals surface area contributed by atoms with Crippen LogP contribution in [0.1, 0.15) is 17.2 Å². The lowest BCUT2D eigenvalue weighted by Gasteiger charge is -2.19. The Morgan fingerprint density at radius 1 is 0.758 bits per heavy atom. The Labute approximate surface area is 193 Å². The van der Waals surface area contributed by atoms with Gasteiger partial charge in [-0.05, 0) is 46.3 Å². The first-order valence-electron chi connectivity index (χ1n) is 10.8. The molecule has 1 aliphatic heterocycles. The molecule has 0 aliphatic carbocycles. The van der Waals surface area contributed by atoms with E-state index in [0.717, 1.165) is 50.9 Å². The van der Waals surface area contributed by atoms with Gasteiger partial charge in [-0.15, -0.1) is 0 Å². The number of benzene rings is 4. The van der Waals surface area contributed by atoms with Crippen molar-refractivity contribution in [2.24, 2.45) is 0 Å². The second kappa shape index (κ2) is 8.58. The van der Waals surface area contributed by atoms with Crippen LogP contribution in [0.15, 0.2) is 66.7 Å². The second-order valence-corrected chi connectivity index (χ2v) is 7.92. The topological polar surface area (TPSA) is 46.2 Å². The van der Waals surface area contributed by atoms with Crippen molar-refractivity contribution in [1.82, 2.24) is 0 Å². The van der Waals surface area contributed by atoms with Crippen molar-refractivity contribution in [2.45, 2.75) is 12.5 Å². The van der Waals surface area contributed by atoms with Gasteiger partial charge in [0.2, 0.25) is 5.75 Å². The highest BCUT2D eigenvalue weighted by Gasteiger charge is 2.30. The van der Waals surface area contributed by atoms with Gasteiger partial charge in [0.05, 0.1) is 28.4 Å². The summed E-state index contributed by atoms with van der Waals surface area (Å²) in [6.45, 7) is 0. The molecule has 0 radical (unpaired) electrons. The number of hydrogen-bond acceptors (Lipinski definition) is 5. The molecule has 0 amide bonds. The number of methoxy groups -OCH3 is 4. The van der Waals surface area contributed by atoms with Crippen molar-refractivity contribution in [3.63, 3.8) is 0 Å². The molecule has 0 fully saturated rings. The maximum Gasteiger partial charge on any atom is 0.203 e. The molecular weight excluding hydrogens is 416 g/mol. The average Bonchev–Trinajstić information content (AvgIpc) is 3.32. The van der Waals surface area contributed by atoms with Crippen LogP contribution in [-0.2, 0) is 6.42 Å². The van der Waals surface area contributed by atoms with Gasteiger partial charge in [0, 0.05) is 17.4 Å². The van der Waals surface area contributed by atoms with E-state index in [1.807, 2.05) is 36.4 Å². The van der Waals surface area contributed by atoms with Crippen LogP contribution in [-0.4, -0.2) is 28.4 Å². The second-order valence-electron chi connectivity index (χ2n) is 7.92. The summed E-state index contributed by atoms with van der Waals surface area (Å²) in [7, 11) is 6.60. The third-order valence-electron chi connectivity index (χ3n) is 6.23. The van der Waals surface area contributed by atoms with Gasteiger partial charge in [-0.2, -0.15) is 0 Å². The Morgan fingerprint density at radius 3 is 2.12 bits per heavy atom. The van der Waals surface area contributed by atoms with Gasteiger partial charge in [-0.25, -0.2) is 0 Å². The van der Waals surface area contributed by atoms with Crippen molar-refractivity contribution >= 4 is 10.8 Å². The minimum absolute atomic E-state index is 0.0841. The maximum atomic E-state index is 6.49. The molecule has 1 aliphatic rings. The van der Waals surface area contributed by atoms with Gasteiger partial charge in [0.15, 0.2) is 11.5 Å². The summed E-state index contributed by atoms with van der Waals surface area (Å²) in [4.78, 5) is 0. The van der Waals surface area contributed by atoms with Gasteiger partial charge >= 0.3 is 0 Å². The number of fused-ring (bicyclic) bond motifs is 3. The van der Waals surface area contributed by atoms with Crippen LogP contribution in [0.4, 0.5) is 0 Å². The van der Waals surface area contributed by atoms with E-state index in [2.05, 4.69) is 30.3 Å². The predicted octanol–water partition coefficient (Wildman–Crippen LogP) is 6.22. The molecule has 0 N–H and O–H groups in total. The zero-order chi connectivity index (χ0) is 22.9. The molecule has 33 heavy (non-hydrogen) atoms. The fourth-order valence-corrected chi connectivity index (χ4v) is 4.63. The van der Waals surface area contributed by atoms with E-state index in [4.69, 9.17) is 23.7 Å². The molecule has 5 heteroatoms. The molecular formula is C28H26O5. The molecule has 1 heterocycles. The number of ether oxygens (including phenoxy) is 5. The molecule has 5 nitrogen and oxygen atoms in total. The standard InChI is InChI=1S/C28H26O5/c1-29-19-12-10-18(11-13-19)23-15-21-22-16-25(30-2)27(31-3)28(32-4)26(22)20(14-24(21)33-23)17-8-6-5-7-9-17/h5-14,16,23H,15H2,1-4H3. The Bertz CT molecular complexity index is 1300. The van der Waals surface area contributed by atoms with Crippen LogP contribution in [0.2, 0.25) is 0 Å². The molecule has 0 spiro atoms. The van der Waals surface area contributed by atoms with Crippen molar-refractivity contribution in [1.29, 1.82) is 0 Å². The lowest BCUT2D eigenvalue weighted by molar-refractivity contribution is 0.238. The monoisotopic (exact) mass is 442 g/mol. The third-order valence-corrected chi connectivity index (χ3v) is 6.23. The van der Waals surface area contributed by atoms with Crippen LogP contribution in [0.3, 0.4) is 0 Å². The van der Waals surface area contributed by atoms with Crippen LogP contribution >= 0.6 is 0 Å². The summed E-state index contributed by atoms with van der Waals surface area (Å²) in [5, 5.41) is 2.02. The quantitative estimate of drug-likeness (QED) is 0.355. The Balaban J connectivity index is 1.74. The summed E-state index contributed by atoms with van der Waals surface area (Å²) < 4.78 is 29.1. The van der Waals surface area contributed by atoms with Crippen LogP contribution in [0.25, 0.3) is 21.9 Å². The average molecular weight is 443 g/mol. The van der Waals surface area contributed by atoms with Gasteiger partial charge in [-0.3, -0.25) is 0 Å². The molecule has 4 aromatic carbocycles. The molecule has 1 unspecified atom stereocenters. The smallest absolute Gasteiger partial charge is 0.203 e. The van der Waals surface area contributed by atoms with Crippen LogP contribution < -0.4 is 23.7 Å². The van der Waals surface area contributed by atoms with Crippen LogP contribution in [0, 0.1) is 0 Å². The fourth-order valence-electron chi connectivity index (χ4n) is 4.63. The van der Waals surface area contributed by atoms with Gasteiger partial charge in [0.25, 0.3) is 0 Å². The predicted molar refractivity (Wildman–Crippen MR) is 129 cm³/mol. The van der Waals surface area contributed by atoms with E-state index in [1.54, 1.807) is 28.4 Å². The highest BCUT2D eigenvalue weighted by Crippen LogP contribution is 2.52. The van der Waals surface area contributed by atoms with Gasteiger partial charge < -0.3 is 23.7 Å². The van der Waals surface area contributed by atoms with Crippen molar-refractivity contribution in [3.05, 3.63) is 77.9 Å². The molecule has 0 bridgehead atoms. The Kier molecular flexibility index (Phi) is 5.47. The Morgan fingerprint density at radius 2 is 1.48 bits per heavy atom. The van der Waals surface area contributed by atoms with E-state index in [-0.39, 0.29) is 6.10 Å². The van der Waals surface area contributed by atoms with E-state index in [1.165, 1.54) is 0 Å². The molecule has 5 rings (SSSR count). The Hall–Kier alpha value is -3.86. The molecule has 0 saturated carbocycles. The molecule has 168 valence electrons. The summed E-state index contributed by atoms with van der Waals surface area (Å²) in [6, 6.07) is 22.4. The zero-order valence-corrected chi connectivity index (χ0v) is 19.2. The highest BCUT2D eigenvalue weighted by atomic mass is 16.5. The van der Waals surface area contributed by atoms with Crippen molar-refractivity contribution in [3.8, 4) is 39.9 Å². The normalized spacial score (nSPS) is 14.5. The van der Waals surface area contributed by atoms with Crippen molar-refractivity contribution in [2.75, 3.05) is 28.4 Å². The minimum Gasteiger partial charge on any atom is -0.497 e. The lowest BCUT2D eigenvalue weighted by Crippen LogP contribution is -2.02. The molecule has 0 saturated heterocycles. The summed E-state index contributed by atoms with van der Waals surface area (Å²) in [5.74, 6) is 3.56. The molecule has 4 aromatic rings.